The number of aliphatic hydroxyl groups is 1. The standard InChI is InChI=1S/C15H22FNO7/c1-8-7-10(23-2)12(16)24-15(8,22)11(18)13(19)17-6-4-3-5-9(17)14(20)21/h8-10,12,22H,3-7H2,1-2H3,(H,20,21). The maximum atomic E-state index is 13.9. The molecule has 5 unspecified atom stereocenters. The van der Waals surface area contributed by atoms with Crippen molar-refractivity contribution < 1.29 is 38.5 Å². The van der Waals surface area contributed by atoms with Gasteiger partial charge in [0.2, 0.25) is 12.1 Å². The second kappa shape index (κ2) is 7.12. The molecule has 0 radical (unpaired) electrons. The van der Waals surface area contributed by atoms with Crippen LogP contribution in [0.25, 0.3) is 0 Å². The number of amides is 1. The molecule has 2 fully saturated rings. The number of Topliss-reactive ketones (excluding diaryl/α,β-unsaturated/α-hetero) is 1. The average Bonchev–Trinajstić information content (AvgIpc) is 2.56. The van der Waals surface area contributed by atoms with E-state index in [1.54, 1.807) is 0 Å². The minimum atomic E-state index is -2.63. The summed E-state index contributed by atoms with van der Waals surface area (Å²) in [4.78, 5) is 37.1. The number of hydrogen-bond donors (Lipinski definition) is 2. The normalized spacial score (nSPS) is 37.1. The number of nitrogens with zero attached hydrogens (tertiary/aromatic N) is 1. The van der Waals surface area contributed by atoms with Gasteiger partial charge in [0.05, 0.1) is 0 Å². The molecule has 5 atom stereocenters. The van der Waals surface area contributed by atoms with Gasteiger partial charge in [-0.25, -0.2) is 9.18 Å². The Balaban J connectivity index is 2.19. The molecule has 2 heterocycles. The van der Waals surface area contributed by atoms with Gasteiger partial charge in [-0.05, 0) is 25.7 Å². The minimum Gasteiger partial charge on any atom is -0.480 e. The molecule has 8 nitrogen and oxygen atoms in total. The van der Waals surface area contributed by atoms with Crippen molar-refractivity contribution >= 4 is 17.7 Å². The summed E-state index contributed by atoms with van der Waals surface area (Å²) in [6.07, 6.45) is -1.64. The minimum absolute atomic E-state index is 0.0183. The van der Waals surface area contributed by atoms with Crippen LogP contribution >= 0.6 is 0 Å². The molecule has 0 aromatic rings. The number of likely N-dealkylation sites (tertiary alicyclic amines) is 1. The molecule has 2 N–H and O–H groups in total. The van der Waals surface area contributed by atoms with Gasteiger partial charge < -0.3 is 24.6 Å². The number of alkyl halides is 1. The van der Waals surface area contributed by atoms with E-state index in [0.717, 1.165) is 4.90 Å². The van der Waals surface area contributed by atoms with E-state index in [2.05, 4.69) is 0 Å². The van der Waals surface area contributed by atoms with Crippen LogP contribution in [0.4, 0.5) is 4.39 Å². The van der Waals surface area contributed by atoms with Gasteiger partial charge in [0.1, 0.15) is 12.1 Å². The molecule has 0 bridgehead atoms. The molecular formula is C15H22FNO7. The van der Waals surface area contributed by atoms with Crippen LogP contribution in [0.1, 0.15) is 32.6 Å². The number of carbonyl (C=O) groups is 3. The summed E-state index contributed by atoms with van der Waals surface area (Å²) in [5.74, 6) is -7.26. The monoisotopic (exact) mass is 347 g/mol. The summed E-state index contributed by atoms with van der Waals surface area (Å²) in [6, 6.07) is -1.13. The van der Waals surface area contributed by atoms with Gasteiger partial charge in [0.25, 0.3) is 11.7 Å². The van der Waals surface area contributed by atoms with E-state index in [1.807, 2.05) is 0 Å². The first-order chi connectivity index (χ1) is 11.2. The van der Waals surface area contributed by atoms with Crippen molar-refractivity contribution in [2.75, 3.05) is 13.7 Å². The Bertz CT molecular complexity index is 528. The first kappa shape index (κ1) is 18.8. The van der Waals surface area contributed by atoms with Crippen molar-refractivity contribution in [2.24, 2.45) is 5.92 Å². The molecule has 0 spiro atoms. The topological polar surface area (TPSA) is 113 Å². The van der Waals surface area contributed by atoms with Crippen LogP contribution in [0.3, 0.4) is 0 Å². The number of ketones is 1. The third kappa shape index (κ3) is 3.28. The third-order valence-corrected chi connectivity index (χ3v) is 4.71. The highest BCUT2D eigenvalue weighted by Crippen LogP contribution is 2.35. The summed E-state index contributed by atoms with van der Waals surface area (Å²) in [5, 5.41) is 19.7. The zero-order valence-corrected chi connectivity index (χ0v) is 13.6. The fourth-order valence-corrected chi connectivity index (χ4v) is 3.17. The fourth-order valence-electron chi connectivity index (χ4n) is 3.17. The van der Waals surface area contributed by atoms with Crippen LogP contribution < -0.4 is 0 Å². The maximum absolute atomic E-state index is 13.9. The first-order valence-electron chi connectivity index (χ1n) is 7.87. The van der Waals surface area contributed by atoms with E-state index in [0.29, 0.717) is 12.8 Å². The molecule has 0 aromatic heterocycles. The molecule has 2 saturated heterocycles. The molecule has 136 valence electrons. The number of ether oxygens (including phenoxy) is 2. The predicted octanol–water partition coefficient (Wildman–Crippen LogP) is 0.0768. The molecule has 0 aliphatic carbocycles. The Morgan fingerprint density at radius 2 is 2.00 bits per heavy atom. The van der Waals surface area contributed by atoms with Crippen molar-refractivity contribution in [3.63, 3.8) is 0 Å². The number of carboxylic acids is 1. The number of halogens is 1. The van der Waals surface area contributed by atoms with Crippen molar-refractivity contribution in [3.8, 4) is 0 Å². The van der Waals surface area contributed by atoms with Crippen molar-refractivity contribution in [3.05, 3.63) is 0 Å². The molecule has 0 aromatic carbocycles. The summed E-state index contributed by atoms with van der Waals surface area (Å²) in [6.45, 7) is 1.53. The third-order valence-electron chi connectivity index (χ3n) is 4.71. The van der Waals surface area contributed by atoms with Gasteiger partial charge in [-0.2, -0.15) is 0 Å². The highest BCUT2D eigenvalue weighted by Gasteiger charge is 2.55. The summed E-state index contributed by atoms with van der Waals surface area (Å²) in [5.41, 5.74) is 0. The summed E-state index contributed by atoms with van der Waals surface area (Å²) >= 11 is 0. The Morgan fingerprint density at radius 1 is 1.33 bits per heavy atom. The highest BCUT2D eigenvalue weighted by molar-refractivity contribution is 6.39. The molecule has 24 heavy (non-hydrogen) atoms. The van der Waals surface area contributed by atoms with E-state index < -0.39 is 47.9 Å². The van der Waals surface area contributed by atoms with Gasteiger partial charge in [-0.1, -0.05) is 6.92 Å². The first-order valence-corrected chi connectivity index (χ1v) is 7.87. The number of hydrogen-bond acceptors (Lipinski definition) is 6. The number of carboxylic acid groups (broad SMARTS) is 1. The quantitative estimate of drug-likeness (QED) is 0.692. The van der Waals surface area contributed by atoms with Gasteiger partial charge >= 0.3 is 5.97 Å². The molecule has 2 aliphatic heterocycles. The van der Waals surface area contributed by atoms with Gasteiger partial charge in [0.15, 0.2) is 0 Å². The van der Waals surface area contributed by atoms with E-state index in [9.17, 15) is 29.0 Å². The lowest BCUT2D eigenvalue weighted by molar-refractivity contribution is -0.312. The van der Waals surface area contributed by atoms with Gasteiger partial charge in [0, 0.05) is 19.6 Å². The molecule has 0 saturated carbocycles. The Kier molecular flexibility index (Phi) is 5.56. The van der Waals surface area contributed by atoms with Crippen LogP contribution in [0.5, 0.6) is 0 Å². The molecule has 2 rings (SSSR count). The van der Waals surface area contributed by atoms with Crippen LogP contribution in [-0.2, 0) is 23.9 Å². The lowest BCUT2D eigenvalue weighted by Gasteiger charge is -2.42. The van der Waals surface area contributed by atoms with E-state index >= 15 is 0 Å². The Morgan fingerprint density at radius 3 is 2.58 bits per heavy atom. The summed E-state index contributed by atoms with van der Waals surface area (Å²) < 4.78 is 23.6. The van der Waals surface area contributed by atoms with Crippen molar-refractivity contribution in [1.29, 1.82) is 0 Å². The fraction of sp³-hybridized carbons (Fsp3) is 0.800. The number of carbonyl (C=O) groups excluding carboxylic acids is 2. The Labute approximate surface area is 138 Å². The van der Waals surface area contributed by atoms with Gasteiger partial charge in [-0.15, -0.1) is 0 Å². The predicted molar refractivity (Wildman–Crippen MR) is 77.5 cm³/mol. The maximum Gasteiger partial charge on any atom is 0.326 e. The molecular weight excluding hydrogens is 325 g/mol. The van der Waals surface area contributed by atoms with Crippen LogP contribution in [0.2, 0.25) is 0 Å². The average molecular weight is 347 g/mol. The number of aliphatic carboxylic acids is 1. The summed E-state index contributed by atoms with van der Waals surface area (Å²) in [7, 11) is 1.27. The molecule has 1 amide bonds. The van der Waals surface area contributed by atoms with Crippen molar-refractivity contribution in [1.82, 2.24) is 4.90 Å². The SMILES string of the molecule is COC1CC(C)C(O)(C(=O)C(=O)N2CCCCC2C(=O)O)OC1F. The number of methoxy groups -OCH3 is 1. The second-order valence-electron chi connectivity index (χ2n) is 6.25. The second-order valence-corrected chi connectivity index (χ2v) is 6.25. The smallest absolute Gasteiger partial charge is 0.326 e. The van der Waals surface area contributed by atoms with Crippen LogP contribution in [0, 0.1) is 5.92 Å². The largest absolute Gasteiger partial charge is 0.480 e. The van der Waals surface area contributed by atoms with E-state index in [4.69, 9.17) is 9.47 Å². The Hall–Kier alpha value is -1.58. The number of piperidine rings is 1. The van der Waals surface area contributed by atoms with Crippen LogP contribution in [0.15, 0.2) is 0 Å². The number of rotatable bonds is 4. The highest BCUT2D eigenvalue weighted by atomic mass is 19.1. The van der Waals surface area contributed by atoms with Crippen molar-refractivity contribution in [2.45, 2.75) is 56.9 Å². The van der Waals surface area contributed by atoms with E-state index in [-0.39, 0.29) is 19.4 Å². The lowest BCUT2D eigenvalue weighted by atomic mass is 9.87. The molecule has 2 aliphatic rings. The van der Waals surface area contributed by atoms with Gasteiger partial charge in [-0.3, -0.25) is 9.59 Å². The van der Waals surface area contributed by atoms with Crippen LogP contribution in [-0.4, -0.2) is 70.7 Å². The lowest BCUT2D eigenvalue weighted by Crippen LogP contribution is -2.62. The zero-order chi connectivity index (χ0) is 18.1. The van der Waals surface area contributed by atoms with E-state index in [1.165, 1.54) is 14.0 Å². The zero-order valence-electron chi connectivity index (χ0n) is 13.6. The molecule has 9 heteroatoms.